The van der Waals surface area contributed by atoms with E-state index in [2.05, 4.69) is 15.4 Å². The Kier molecular flexibility index (Phi) is 4.16. The molecule has 0 fully saturated rings. The Balaban J connectivity index is 1.64. The van der Waals surface area contributed by atoms with Crippen LogP contribution in [-0.2, 0) is 25.9 Å². The highest BCUT2D eigenvalue weighted by Gasteiger charge is 2.21. The van der Waals surface area contributed by atoms with Crippen molar-refractivity contribution >= 4 is 0 Å². The number of nitriles is 1. The van der Waals surface area contributed by atoms with Gasteiger partial charge in [0.15, 0.2) is 5.82 Å². The summed E-state index contributed by atoms with van der Waals surface area (Å²) in [6.45, 7) is 3.21. The van der Waals surface area contributed by atoms with Gasteiger partial charge in [-0.3, -0.25) is 0 Å². The lowest BCUT2D eigenvalue weighted by atomic mass is 10.1. The van der Waals surface area contributed by atoms with Crippen LogP contribution < -0.4 is 5.32 Å². The Labute approximate surface area is 128 Å². The van der Waals surface area contributed by atoms with E-state index in [0.717, 1.165) is 37.5 Å². The summed E-state index contributed by atoms with van der Waals surface area (Å²) in [5.41, 5.74) is 1.01. The molecule has 5 nitrogen and oxygen atoms in total. The molecule has 2 heterocycles. The van der Waals surface area contributed by atoms with Gasteiger partial charge < -0.3 is 5.32 Å². The second-order valence-corrected chi connectivity index (χ2v) is 5.51. The highest BCUT2D eigenvalue weighted by atomic mass is 19.1. The van der Waals surface area contributed by atoms with Crippen molar-refractivity contribution in [1.82, 2.24) is 20.1 Å². The van der Waals surface area contributed by atoms with Gasteiger partial charge in [0.25, 0.3) is 0 Å². The van der Waals surface area contributed by atoms with E-state index < -0.39 is 0 Å². The molecule has 1 atom stereocenters. The fourth-order valence-electron chi connectivity index (χ4n) is 2.71. The summed E-state index contributed by atoms with van der Waals surface area (Å²) in [6, 6.07) is 6.72. The molecular formula is C16H18FN5. The van der Waals surface area contributed by atoms with E-state index in [-0.39, 0.29) is 11.9 Å². The molecule has 0 aliphatic carbocycles. The van der Waals surface area contributed by atoms with E-state index in [0.29, 0.717) is 17.7 Å². The number of halogens is 1. The van der Waals surface area contributed by atoms with Gasteiger partial charge in [0, 0.05) is 31.0 Å². The highest BCUT2D eigenvalue weighted by Crippen LogP contribution is 2.15. The van der Waals surface area contributed by atoms with Gasteiger partial charge in [-0.25, -0.2) is 14.1 Å². The van der Waals surface area contributed by atoms with Crippen molar-refractivity contribution in [3.05, 3.63) is 46.8 Å². The number of nitrogens with one attached hydrogen (secondary N) is 1. The summed E-state index contributed by atoms with van der Waals surface area (Å²) in [5.74, 6) is 1.63. The van der Waals surface area contributed by atoms with Gasteiger partial charge >= 0.3 is 0 Å². The van der Waals surface area contributed by atoms with Gasteiger partial charge in [0.1, 0.15) is 11.6 Å². The molecule has 2 aromatic rings. The number of benzene rings is 1. The third kappa shape index (κ3) is 3.00. The van der Waals surface area contributed by atoms with E-state index in [1.54, 1.807) is 6.07 Å². The minimum atomic E-state index is -0.281. The van der Waals surface area contributed by atoms with Crippen molar-refractivity contribution in [3.63, 3.8) is 0 Å². The van der Waals surface area contributed by atoms with Crippen LogP contribution in [0.25, 0.3) is 0 Å². The van der Waals surface area contributed by atoms with Gasteiger partial charge in [0.2, 0.25) is 0 Å². The van der Waals surface area contributed by atoms with E-state index in [9.17, 15) is 4.39 Å². The SMILES string of the molecule is CCc1nc2n(n1)C[C@@H](NCc1cc(C#N)ccc1F)CC2. The molecule has 3 rings (SSSR count). The summed E-state index contributed by atoms with van der Waals surface area (Å²) in [5, 5.41) is 16.7. The molecule has 6 heteroatoms. The van der Waals surface area contributed by atoms with Gasteiger partial charge in [-0.05, 0) is 24.6 Å². The molecular weight excluding hydrogens is 281 g/mol. The normalized spacial score (nSPS) is 17.0. The van der Waals surface area contributed by atoms with E-state index in [4.69, 9.17) is 5.26 Å². The molecule has 22 heavy (non-hydrogen) atoms. The maximum Gasteiger partial charge on any atom is 0.150 e. The topological polar surface area (TPSA) is 66.5 Å². The number of hydrogen-bond donors (Lipinski definition) is 1. The number of fused-ring (bicyclic) bond motifs is 1. The second kappa shape index (κ2) is 6.24. The first-order chi connectivity index (χ1) is 10.7. The first kappa shape index (κ1) is 14.7. The van der Waals surface area contributed by atoms with Crippen LogP contribution in [0.2, 0.25) is 0 Å². The van der Waals surface area contributed by atoms with Crippen LogP contribution in [0.1, 0.15) is 36.1 Å². The van der Waals surface area contributed by atoms with Gasteiger partial charge in [0.05, 0.1) is 18.2 Å². The standard InChI is InChI=1S/C16H18FN5/c1-2-15-20-16-6-4-13(10-22(16)21-15)19-9-12-7-11(8-18)3-5-14(12)17/h3,5,7,13,19H,2,4,6,9-10H2,1H3/t13-/m0/s1. The number of hydrogen-bond acceptors (Lipinski definition) is 4. The summed E-state index contributed by atoms with van der Waals surface area (Å²) >= 11 is 0. The van der Waals surface area contributed by atoms with E-state index >= 15 is 0 Å². The third-order valence-electron chi connectivity index (χ3n) is 3.97. The molecule has 1 aromatic carbocycles. The van der Waals surface area contributed by atoms with Gasteiger partial charge in [-0.2, -0.15) is 10.4 Å². The monoisotopic (exact) mass is 299 g/mol. The number of aryl methyl sites for hydroxylation is 2. The number of aromatic nitrogens is 3. The molecule has 1 aliphatic rings. The predicted octanol–water partition coefficient (Wildman–Crippen LogP) is 1.96. The van der Waals surface area contributed by atoms with Crippen molar-refractivity contribution in [1.29, 1.82) is 5.26 Å². The molecule has 114 valence electrons. The summed E-state index contributed by atoms with van der Waals surface area (Å²) in [7, 11) is 0. The lowest BCUT2D eigenvalue weighted by Crippen LogP contribution is -2.37. The first-order valence-corrected chi connectivity index (χ1v) is 7.54. The number of nitrogens with zero attached hydrogens (tertiary/aromatic N) is 4. The van der Waals surface area contributed by atoms with Crippen molar-refractivity contribution in [2.75, 3.05) is 0 Å². The van der Waals surface area contributed by atoms with Crippen LogP contribution in [-0.4, -0.2) is 20.8 Å². The molecule has 0 radical (unpaired) electrons. The van der Waals surface area contributed by atoms with Crippen LogP contribution >= 0.6 is 0 Å². The van der Waals surface area contributed by atoms with Crippen LogP contribution in [0.3, 0.4) is 0 Å². The Bertz CT molecular complexity index is 716. The van der Waals surface area contributed by atoms with Crippen molar-refractivity contribution in [2.45, 2.75) is 45.3 Å². The van der Waals surface area contributed by atoms with E-state index in [1.807, 2.05) is 17.7 Å². The zero-order chi connectivity index (χ0) is 15.5. The zero-order valence-electron chi connectivity index (χ0n) is 12.5. The van der Waals surface area contributed by atoms with Crippen molar-refractivity contribution < 1.29 is 4.39 Å². The molecule has 0 unspecified atom stereocenters. The molecule has 1 N–H and O–H groups in total. The van der Waals surface area contributed by atoms with Gasteiger partial charge in [-0.1, -0.05) is 6.92 Å². The molecule has 0 saturated heterocycles. The van der Waals surface area contributed by atoms with Crippen molar-refractivity contribution in [3.8, 4) is 6.07 Å². The van der Waals surface area contributed by atoms with Crippen LogP contribution in [0.5, 0.6) is 0 Å². The number of rotatable bonds is 4. The fourth-order valence-corrected chi connectivity index (χ4v) is 2.71. The van der Waals surface area contributed by atoms with Gasteiger partial charge in [-0.15, -0.1) is 0 Å². The zero-order valence-corrected chi connectivity index (χ0v) is 12.5. The summed E-state index contributed by atoms with van der Waals surface area (Å²) < 4.78 is 15.7. The minimum Gasteiger partial charge on any atom is -0.308 e. The predicted molar refractivity (Wildman–Crippen MR) is 79.5 cm³/mol. The molecule has 1 aliphatic heterocycles. The molecule has 0 spiro atoms. The average Bonchev–Trinajstić information content (AvgIpc) is 2.96. The van der Waals surface area contributed by atoms with Crippen molar-refractivity contribution in [2.24, 2.45) is 0 Å². The fraction of sp³-hybridized carbons (Fsp3) is 0.438. The molecule has 0 saturated carbocycles. The summed E-state index contributed by atoms with van der Waals surface area (Å²) in [6.07, 6.45) is 2.68. The molecule has 1 aromatic heterocycles. The van der Waals surface area contributed by atoms with Crippen LogP contribution in [0.4, 0.5) is 4.39 Å². The quantitative estimate of drug-likeness (QED) is 0.937. The average molecular weight is 299 g/mol. The maximum absolute atomic E-state index is 13.8. The maximum atomic E-state index is 13.8. The first-order valence-electron chi connectivity index (χ1n) is 7.54. The third-order valence-corrected chi connectivity index (χ3v) is 3.97. The Morgan fingerprint density at radius 3 is 3.14 bits per heavy atom. The lowest BCUT2D eigenvalue weighted by molar-refractivity contribution is 0.355. The lowest BCUT2D eigenvalue weighted by Gasteiger charge is -2.23. The van der Waals surface area contributed by atoms with Crippen LogP contribution in [0.15, 0.2) is 18.2 Å². The Morgan fingerprint density at radius 1 is 1.50 bits per heavy atom. The molecule has 0 amide bonds. The van der Waals surface area contributed by atoms with E-state index in [1.165, 1.54) is 12.1 Å². The highest BCUT2D eigenvalue weighted by molar-refractivity contribution is 5.33. The molecule has 0 bridgehead atoms. The second-order valence-electron chi connectivity index (χ2n) is 5.51. The Morgan fingerprint density at radius 2 is 2.36 bits per heavy atom. The largest absolute Gasteiger partial charge is 0.308 e. The minimum absolute atomic E-state index is 0.240. The van der Waals surface area contributed by atoms with Crippen LogP contribution in [0, 0.1) is 17.1 Å². The summed E-state index contributed by atoms with van der Waals surface area (Å²) in [4.78, 5) is 4.49. The smallest absolute Gasteiger partial charge is 0.150 e. The Hall–Kier alpha value is -2.26.